The minimum absolute atomic E-state index is 0.211. The number of amides is 1. The highest BCUT2D eigenvalue weighted by atomic mass is 32.1. The SMILES string of the molecule is Cc1nc2cccc(C(F)(F)F)n2c1-c1cnc(Nc2ccc(C(=O)Nc3ccccc3N)s2)s1. The first kappa shape index (κ1) is 22.9. The number of imidazole rings is 1. The van der Waals surface area contributed by atoms with Crippen LogP contribution in [0.1, 0.15) is 21.1 Å². The van der Waals surface area contributed by atoms with Gasteiger partial charge in [0.15, 0.2) is 5.13 Å². The van der Waals surface area contributed by atoms with Crippen LogP contribution in [0.2, 0.25) is 0 Å². The number of anilines is 4. The molecule has 0 saturated carbocycles. The van der Waals surface area contributed by atoms with Gasteiger partial charge >= 0.3 is 6.18 Å². The van der Waals surface area contributed by atoms with E-state index in [-0.39, 0.29) is 11.6 Å². The van der Waals surface area contributed by atoms with Crippen LogP contribution in [-0.2, 0) is 6.18 Å². The van der Waals surface area contributed by atoms with Crippen molar-refractivity contribution in [2.75, 3.05) is 16.4 Å². The second-order valence-corrected chi connectivity index (χ2v) is 9.62. The lowest BCUT2D eigenvalue weighted by molar-refractivity contribution is -0.141. The first-order valence-electron chi connectivity index (χ1n) is 10.2. The highest BCUT2D eigenvalue weighted by molar-refractivity contribution is 7.20. The fourth-order valence-electron chi connectivity index (χ4n) is 3.59. The number of benzene rings is 1. The summed E-state index contributed by atoms with van der Waals surface area (Å²) in [5, 5.41) is 7.02. The van der Waals surface area contributed by atoms with Crippen LogP contribution in [0.25, 0.3) is 16.2 Å². The molecule has 4 N–H and O–H groups in total. The molecule has 0 unspecified atom stereocenters. The van der Waals surface area contributed by atoms with Crippen molar-refractivity contribution >= 4 is 55.7 Å². The number of pyridine rings is 1. The average molecular weight is 515 g/mol. The molecule has 7 nitrogen and oxygen atoms in total. The standard InChI is InChI=1S/C23H17F3N6OS2/c1-12-20(32-17(23(24,25)26)7-4-8-18(32)29-12)16-11-28-22(35-16)31-19-10-9-15(34-19)21(33)30-14-6-3-2-5-13(14)27/h2-11H,27H2,1H3,(H,28,31)(H,30,33). The van der Waals surface area contributed by atoms with Gasteiger partial charge in [0.25, 0.3) is 5.91 Å². The molecule has 4 aromatic heterocycles. The van der Waals surface area contributed by atoms with Gasteiger partial charge in [0.05, 0.1) is 37.5 Å². The highest BCUT2D eigenvalue weighted by Gasteiger charge is 2.35. The number of nitrogens with one attached hydrogen (secondary N) is 2. The Bertz CT molecular complexity index is 1550. The molecule has 0 fully saturated rings. The van der Waals surface area contributed by atoms with Gasteiger partial charge < -0.3 is 16.4 Å². The molecule has 178 valence electrons. The van der Waals surface area contributed by atoms with Crippen LogP contribution in [-0.4, -0.2) is 20.3 Å². The van der Waals surface area contributed by atoms with E-state index in [1.807, 2.05) is 0 Å². The number of thiophene rings is 1. The number of fused-ring (bicyclic) bond motifs is 1. The molecule has 5 rings (SSSR count). The Morgan fingerprint density at radius 2 is 1.86 bits per heavy atom. The van der Waals surface area contributed by atoms with Crippen LogP contribution in [0.3, 0.4) is 0 Å². The third kappa shape index (κ3) is 4.45. The summed E-state index contributed by atoms with van der Waals surface area (Å²) >= 11 is 2.41. The summed E-state index contributed by atoms with van der Waals surface area (Å²) in [5.41, 5.74) is 7.07. The number of rotatable bonds is 5. The van der Waals surface area contributed by atoms with E-state index in [4.69, 9.17) is 5.73 Å². The number of thiazole rings is 1. The van der Waals surface area contributed by atoms with Crippen LogP contribution < -0.4 is 16.4 Å². The minimum Gasteiger partial charge on any atom is -0.397 e. The summed E-state index contributed by atoms with van der Waals surface area (Å²) in [4.78, 5) is 22.2. The van der Waals surface area contributed by atoms with Crippen molar-refractivity contribution in [1.82, 2.24) is 14.4 Å². The molecule has 1 amide bonds. The lowest BCUT2D eigenvalue weighted by Gasteiger charge is -2.11. The zero-order valence-electron chi connectivity index (χ0n) is 18.1. The molecule has 0 aliphatic rings. The highest BCUT2D eigenvalue weighted by Crippen LogP contribution is 2.38. The Hall–Kier alpha value is -3.90. The van der Waals surface area contributed by atoms with Crippen molar-refractivity contribution in [1.29, 1.82) is 0 Å². The zero-order valence-corrected chi connectivity index (χ0v) is 19.7. The van der Waals surface area contributed by atoms with Crippen molar-refractivity contribution in [3.8, 4) is 10.6 Å². The maximum absolute atomic E-state index is 13.6. The number of nitrogen functional groups attached to an aromatic ring is 1. The Labute approximate surface area is 205 Å². The number of halogens is 3. The normalized spacial score (nSPS) is 11.7. The van der Waals surface area contributed by atoms with E-state index < -0.39 is 11.9 Å². The molecule has 0 saturated heterocycles. The first-order valence-corrected chi connectivity index (χ1v) is 11.9. The zero-order chi connectivity index (χ0) is 24.7. The summed E-state index contributed by atoms with van der Waals surface area (Å²) in [7, 11) is 0. The van der Waals surface area contributed by atoms with E-state index >= 15 is 0 Å². The number of aromatic nitrogens is 3. The van der Waals surface area contributed by atoms with Gasteiger partial charge in [-0.15, -0.1) is 11.3 Å². The fourth-order valence-corrected chi connectivity index (χ4v) is 5.37. The largest absolute Gasteiger partial charge is 0.431 e. The molecule has 0 bridgehead atoms. The molecule has 12 heteroatoms. The predicted octanol–water partition coefficient (Wildman–Crippen LogP) is 6.42. The molecule has 1 aromatic carbocycles. The number of nitrogens with two attached hydrogens (primary N) is 1. The predicted molar refractivity (Wildman–Crippen MR) is 132 cm³/mol. The van der Waals surface area contributed by atoms with E-state index in [0.29, 0.717) is 42.6 Å². The average Bonchev–Trinajstić information content (AvgIpc) is 3.53. The Kier molecular flexibility index (Phi) is 5.69. The van der Waals surface area contributed by atoms with Gasteiger partial charge in [-0.25, -0.2) is 9.97 Å². The number of carbonyl (C=O) groups excluding carboxylic acids is 1. The summed E-state index contributed by atoms with van der Waals surface area (Å²) in [5.74, 6) is -0.304. The third-order valence-electron chi connectivity index (χ3n) is 5.12. The number of alkyl halides is 3. The van der Waals surface area contributed by atoms with Crippen LogP contribution in [0, 0.1) is 6.92 Å². The summed E-state index contributed by atoms with van der Waals surface area (Å²) < 4.78 is 42.0. The number of hydrogen-bond acceptors (Lipinski definition) is 7. The van der Waals surface area contributed by atoms with Crippen LogP contribution in [0.15, 0.2) is 60.8 Å². The number of aryl methyl sites for hydroxylation is 1. The number of hydrogen-bond donors (Lipinski definition) is 3. The maximum Gasteiger partial charge on any atom is 0.431 e. The molecular weight excluding hydrogens is 497 g/mol. The molecule has 0 aliphatic heterocycles. The Balaban J connectivity index is 1.39. The first-order chi connectivity index (χ1) is 16.7. The second kappa shape index (κ2) is 8.71. The Morgan fingerprint density at radius 3 is 2.63 bits per heavy atom. The molecule has 35 heavy (non-hydrogen) atoms. The monoisotopic (exact) mass is 514 g/mol. The number of para-hydroxylation sites is 2. The van der Waals surface area contributed by atoms with Gasteiger partial charge in [0.1, 0.15) is 11.3 Å². The van der Waals surface area contributed by atoms with Gasteiger partial charge in [0, 0.05) is 6.20 Å². The van der Waals surface area contributed by atoms with E-state index in [9.17, 15) is 18.0 Å². The Morgan fingerprint density at radius 1 is 1.06 bits per heavy atom. The lowest BCUT2D eigenvalue weighted by atomic mass is 10.2. The molecule has 0 spiro atoms. The van der Waals surface area contributed by atoms with Gasteiger partial charge in [-0.05, 0) is 43.3 Å². The van der Waals surface area contributed by atoms with Gasteiger partial charge in [0.2, 0.25) is 0 Å². The molecule has 4 heterocycles. The van der Waals surface area contributed by atoms with Crippen LogP contribution >= 0.6 is 22.7 Å². The second-order valence-electron chi connectivity index (χ2n) is 7.51. The smallest absolute Gasteiger partial charge is 0.397 e. The third-order valence-corrected chi connectivity index (χ3v) is 7.04. The molecule has 5 aromatic rings. The molecule has 0 atom stereocenters. The summed E-state index contributed by atoms with van der Waals surface area (Å²) in [6, 6.07) is 14.3. The van der Waals surface area contributed by atoms with E-state index in [1.54, 1.807) is 43.3 Å². The van der Waals surface area contributed by atoms with Crippen molar-refractivity contribution in [3.63, 3.8) is 0 Å². The van der Waals surface area contributed by atoms with Crippen molar-refractivity contribution < 1.29 is 18.0 Å². The van der Waals surface area contributed by atoms with E-state index in [1.165, 1.54) is 41.0 Å². The van der Waals surface area contributed by atoms with Crippen LogP contribution in [0.4, 0.5) is 34.7 Å². The quantitative estimate of drug-likeness (QED) is 0.235. The summed E-state index contributed by atoms with van der Waals surface area (Å²) in [6.07, 6.45) is -3.03. The number of carbonyl (C=O) groups is 1. The lowest BCUT2D eigenvalue weighted by Crippen LogP contribution is -2.11. The van der Waals surface area contributed by atoms with Crippen molar-refractivity contribution in [2.24, 2.45) is 0 Å². The minimum atomic E-state index is -4.54. The van der Waals surface area contributed by atoms with Crippen LogP contribution in [0.5, 0.6) is 0 Å². The number of nitrogens with zero attached hydrogens (tertiary/aromatic N) is 3. The maximum atomic E-state index is 13.6. The van der Waals surface area contributed by atoms with E-state index in [0.717, 1.165) is 10.5 Å². The summed E-state index contributed by atoms with van der Waals surface area (Å²) in [6.45, 7) is 1.67. The fraction of sp³-hybridized carbons (Fsp3) is 0.0870. The van der Waals surface area contributed by atoms with E-state index in [2.05, 4.69) is 20.6 Å². The van der Waals surface area contributed by atoms with Crippen molar-refractivity contribution in [3.05, 3.63) is 77.1 Å². The topological polar surface area (TPSA) is 97.3 Å². The van der Waals surface area contributed by atoms with Crippen molar-refractivity contribution in [2.45, 2.75) is 13.1 Å². The van der Waals surface area contributed by atoms with Gasteiger partial charge in [-0.2, -0.15) is 13.2 Å². The molecule has 0 radical (unpaired) electrons. The van der Waals surface area contributed by atoms with Gasteiger partial charge in [-0.1, -0.05) is 29.5 Å². The molecule has 0 aliphatic carbocycles. The molecular formula is C23H17F3N6OS2. The van der Waals surface area contributed by atoms with Gasteiger partial charge in [-0.3, -0.25) is 9.20 Å².